The highest BCUT2D eigenvalue weighted by Crippen LogP contribution is 2.12. The second kappa shape index (κ2) is 9.23. The molecule has 0 aliphatic heterocycles. The van der Waals surface area contributed by atoms with Crippen LogP contribution in [0.4, 0.5) is 0 Å². The van der Waals surface area contributed by atoms with Gasteiger partial charge in [0.25, 0.3) is 0 Å². The SMILES string of the molecule is CCCC(=O)N(Cc1ccccc1)C(C)C(=O)NC(C)CC. The third-order valence-corrected chi connectivity index (χ3v) is 3.83. The normalized spacial score (nSPS) is 13.3. The van der Waals surface area contributed by atoms with Crippen LogP contribution >= 0.6 is 0 Å². The van der Waals surface area contributed by atoms with E-state index in [1.54, 1.807) is 11.8 Å². The molecule has 1 rings (SSSR count). The lowest BCUT2D eigenvalue weighted by Crippen LogP contribution is -2.49. The van der Waals surface area contributed by atoms with Gasteiger partial charge in [-0.1, -0.05) is 44.2 Å². The first-order valence-electron chi connectivity index (χ1n) is 8.13. The highest BCUT2D eigenvalue weighted by atomic mass is 16.2. The van der Waals surface area contributed by atoms with E-state index in [1.807, 2.05) is 51.1 Å². The first-order valence-corrected chi connectivity index (χ1v) is 8.13. The van der Waals surface area contributed by atoms with Crippen molar-refractivity contribution in [1.29, 1.82) is 0 Å². The van der Waals surface area contributed by atoms with Gasteiger partial charge in [-0.25, -0.2) is 0 Å². The Balaban J connectivity index is 2.84. The van der Waals surface area contributed by atoms with Crippen molar-refractivity contribution in [3.63, 3.8) is 0 Å². The van der Waals surface area contributed by atoms with Crippen LogP contribution in [0.5, 0.6) is 0 Å². The molecule has 0 bridgehead atoms. The fourth-order valence-corrected chi connectivity index (χ4v) is 2.19. The molecular formula is C18H28N2O2. The first kappa shape index (κ1) is 18.2. The largest absolute Gasteiger partial charge is 0.352 e. The van der Waals surface area contributed by atoms with Gasteiger partial charge >= 0.3 is 0 Å². The smallest absolute Gasteiger partial charge is 0.242 e. The van der Waals surface area contributed by atoms with Crippen LogP contribution in [0.2, 0.25) is 0 Å². The van der Waals surface area contributed by atoms with E-state index < -0.39 is 6.04 Å². The van der Waals surface area contributed by atoms with Crippen LogP contribution in [0.25, 0.3) is 0 Å². The van der Waals surface area contributed by atoms with Gasteiger partial charge in [0.15, 0.2) is 0 Å². The zero-order valence-electron chi connectivity index (χ0n) is 14.1. The van der Waals surface area contributed by atoms with Gasteiger partial charge in [0.05, 0.1) is 0 Å². The summed E-state index contributed by atoms with van der Waals surface area (Å²) in [7, 11) is 0. The topological polar surface area (TPSA) is 49.4 Å². The number of amides is 2. The number of carbonyl (C=O) groups is 2. The Bertz CT molecular complexity index is 473. The highest BCUT2D eigenvalue weighted by Gasteiger charge is 2.25. The Morgan fingerprint density at radius 1 is 1.14 bits per heavy atom. The maximum absolute atomic E-state index is 12.4. The van der Waals surface area contributed by atoms with Gasteiger partial charge in [-0.15, -0.1) is 0 Å². The molecule has 0 aliphatic carbocycles. The van der Waals surface area contributed by atoms with Gasteiger partial charge in [0, 0.05) is 19.0 Å². The fourth-order valence-electron chi connectivity index (χ4n) is 2.19. The average molecular weight is 304 g/mol. The molecule has 1 aromatic rings. The predicted octanol–water partition coefficient (Wildman–Crippen LogP) is 3.12. The van der Waals surface area contributed by atoms with Crippen molar-refractivity contribution < 1.29 is 9.59 Å². The molecule has 1 N–H and O–H groups in total. The molecule has 2 atom stereocenters. The lowest BCUT2D eigenvalue weighted by molar-refractivity contribution is -0.140. The van der Waals surface area contributed by atoms with Gasteiger partial charge in [0.1, 0.15) is 6.04 Å². The van der Waals surface area contributed by atoms with E-state index in [1.165, 1.54) is 0 Å². The summed E-state index contributed by atoms with van der Waals surface area (Å²) in [5.41, 5.74) is 1.04. The van der Waals surface area contributed by atoms with Crippen molar-refractivity contribution in [2.45, 2.75) is 65.6 Å². The van der Waals surface area contributed by atoms with Gasteiger partial charge in [-0.3, -0.25) is 9.59 Å². The van der Waals surface area contributed by atoms with Crippen molar-refractivity contribution in [3.05, 3.63) is 35.9 Å². The molecule has 0 saturated heterocycles. The van der Waals surface area contributed by atoms with Crippen molar-refractivity contribution in [2.75, 3.05) is 0 Å². The van der Waals surface area contributed by atoms with Crippen LogP contribution in [0.15, 0.2) is 30.3 Å². The maximum Gasteiger partial charge on any atom is 0.242 e. The Labute approximate surface area is 133 Å². The Kier molecular flexibility index (Phi) is 7.64. The standard InChI is InChI=1S/C18H28N2O2/c1-5-10-17(21)20(13-16-11-8-7-9-12-16)15(4)18(22)19-14(3)6-2/h7-9,11-12,14-15H,5-6,10,13H2,1-4H3,(H,19,22). The van der Waals surface area contributed by atoms with Crippen molar-refractivity contribution >= 4 is 11.8 Å². The molecule has 1 aromatic carbocycles. The fraction of sp³-hybridized carbons (Fsp3) is 0.556. The number of hydrogen-bond donors (Lipinski definition) is 1. The minimum Gasteiger partial charge on any atom is -0.352 e. The van der Waals surface area contributed by atoms with E-state index in [-0.39, 0.29) is 17.9 Å². The van der Waals surface area contributed by atoms with Gasteiger partial charge in [-0.2, -0.15) is 0 Å². The molecule has 2 amide bonds. The number of nitrogens with zero attached hydrogens (tertiary/aromatic N) is 1. The highest BCUT2D eigenvalue weighted by molar-refractivity contribution is 5.87. The lowest BCUT2D eigenvalue weighted by Gasteiger charge is -2.29. The first-order chi connectivity index (χ1) is 10.5. The van der Waals surface area contributed by atoms with Crippen LogP contribution in [0.1, 0.15) is 52.5 Å². The molecule has 22 heavy (non-hydrogen) atoms. The molecule has 0 fully saturated rings. The number of hydrogen-bond acceptors (Lipinski definition) is 2. The van der Waals surface area contributed by atoms with E-state index in [0.29, 0.717) is 13.0 Å². The molecule has 122 valence electrons. The summed E-state index contributed by atoms with van der Waals surface area (Å²) in [6.45, 7) is 8.24. The molecule has 2 unspecified atom stereocenters. The van der Waals surface area contributed by atoms with E-state index in [4.69, 9.17) is 0 Å². The summed E-state index contributed by atoms with van der Waals surface area (Å²) in [5, 5.41) is 2.96. The summed E-state index contributed by atoms with van der Waals surface area (Å²) in [5.74, 6) is -0.0621. The third-order valence-electron chi connectivity index (χ3n) is 3.83. The Hall–Kier alpha value is -1.84. The molecule has 0 saturated carbocycles. The van der Waals surface area contributed by atoms with Gasteiger partial charge in [-0.05, 0) is 32.3 Å². The molecule has 0 heterocycles. The van der Waals surface area contributed by atoms with Crippen LogP contribution in [-0.4, -0.2) is 28.8 Å². The number of benzene rings is 1. The molecule has 4 heteroatoms. The Morgan fingerprint density at radius 3 is 2.32 bits per heavy atom. The maximum atomic E-state index is 12.4. The molecular weight excluding hydrogens is 276 g/mol. The summed E-state index contributed by atoms with van der Waals surface area (Å²) in [6.07, 6.45) is 2.12. The van der Waals surface area contributed by atoms with Crippen LogP contribution < -0.4 is 5.32 Å². The molecule has 0 aliphatic rings. The minimum absolute atomic E-state index is 0.0261. The third kappa shape index (κ3) is 5.51. The van der Waals surface area contributed by atoms with Crippen molar-refractivity contribution in [2.24, 2.45) is 0 Å². The zero-order valence-corrected chi connectivity index (χ0v) is 14.1. The van der Waals surface area contributed by atoms with Gasteiger partial charge < -0.3 is 10.2 Å². The number of carbonyl (C=O) groups excluding carboxylic acids is 2. The van der Waals surface area contributed by atoms with Crippen LogP contribution in [0.3, 0.4) is 0 Å². The van der Waals surface area contributed by atoms with Gasteiger partial charge in [0.2, 0.25) is 11.8 Å². The van der Waals surface area contributed by atoms with E-state index in [2.05, 4.69) is 5.32 Å². The summed E-state index contributed by atoms with van der Waals surface area (Å²) >= 11 is 0. The molecule has 0 radical (unpaired) electrons. The molecule has 4 nitrogen and oxygen atoms in total. The molecule has 0 spiro atoms. The monoisotopic (exact) mass is 304 g/mol. The van der Waals surface area contributed by atoms with E-state index in [9.17, 15) is 9.59 Å². The number of rotatable bonds is 8. The summed E-state index contributed by atoms with van der Waals surface area (Å²) in [4.78, 5) is 26.4. The quantitative estimate of drug-likeness (QED) is 0.802. The zero-order chi connectivity index (χ0) is 16.5. The summed E-state index contributed by atoms with van der Waals surface area (Å²) < 4.78 is 0. The second-order valence-corrected chi connectivity index (χ2v) is 5.75. The second-order valence-electron chi connectivity index (χ2n) is 5.75. The number of nitrogens with one attached hydrogen (secondary N) is 1. The van der Waals surface area contributed by atoms with Crippen molar-refractivity contribution in [1.82, 2.24) is 10.2 Å². The summed E-state index contributed by atoms with van der Waals surface area (Å²) in [6, 6.07) is 9.45. The predicted molar refractivity (Wildman–Crippen MR) is 89.3 cm³/mol. The Morgan fingerprint density at radius 2 is 1.77 bits per heavy atom. The van der Waals surface area contributed by atoms with E-state index >= 15 is 0 Å². The average Bonchev–Trinajstić information content (AvgIpc) is 2.52. The van der Waals surface area contributed by atoms with Crippen LogP contribution in [0, 0.1) is 0 Å². The van der Waals surface area contributed by atoms with E-state index in [0.717, 1.165) is 18.4 Å². The van der Waals surface area contributed by atoms with Crippen LogP contribution in [-0.2, 0) is 16.1 Å². The minimum atomic E-state index is -0.465. The van der Waals surface area contributed by atoms with Crippen molar-refractivity contribution in [3.8, 4) is 0 Å². The molecule has 0 aromatic heterocycles. The lowest BCUT2D eigenvalue weighted by atomic mass is 10.1.